The monoisotopic (exact) mass is 287 g/mol. The smallest absolute Gasteiger partial charge is 0.253 e. The van der Waals surface area contributed by atoms with Gasteiger partial charge in [-0.1, -0.05) is 13.8 Å². The summed E-state index contributed by atoms with van der Waals surface area (Å²) in [6.07, 6.45) is 2.37. The van der Waals surface area contributed by atoms with Gasteiger partial charge in [-0.25, -0.2) is 4.98 Å². The third-order valence-corrected chi connectivity index (χ3v) is 3.62. The highest BCUT2D eigenvalue weighted by molar-refractivity contribution is 5.96. The van der Waals surface area contributed by atoms with Crippen molar-refractivity contribution in [1.29, 1.82) is 0 Å². The maximum atomic E-state index is 12.0. The predicted octanol–water partition coefficient (Wildman–Crippen LogP) is 2.88. The lowest BCUT2D eigenvalue weighted by Crippen LogP contribution is -2.26. The van der Waals surface area contributed by atoms with Crippen LogP contribution in [0.4, 0.5) is 5.69 Å². The summed E-state index contributed by atoms with van der Waals surface area (Å²) in [6, 6.07) is 5.75. The number of hydrogen-bond acceptors (Lipinski definition) is 3. The molecule has 1 atom stereocenters. The van der Waals surface area contributed by atoms with Gasteiger partial charge in [-0.3, -0.25) is 4.79 Å². The molecule has 0 unspecified atom stereocenters. The van der Waals surface area contributed by atoms with E-state index in [-0.39, 0.29) is 12.0 Å². The Labute approximate surface area is 124 Å². The highest BCUT2D eigenvalue weighted by Gasteiger charge is 2.23. The molecule has 1 aliphatic rings. The molecule has 21 heavy (non-hydrogen) atoms. The molecule has 1 aliphatic heterocycles. The van der Waals surface area contributed by atoms with Gasteiger partial charge in [0.05, 0.1) is 11.0 Å². The maximum absolute atomic E-state index is 12.0. The number of anilines is 1. The van der Waals surface area contributed by atoms with Gasteiger partial charge >= 0.3 is 0 Å². The van der Waals surface area contributed by atoms with E-state index in [2.05, 4.69) is 29.1 Å². The van der Waals surface area contributed by atoms with E-state index in [1.54, 1.807) is 0 Å². The molecule has 1 amide bonds. The molecule has 112 valence electrons. The average molecular weight is 287 g/mol. The minimum Gasteiger partial charge on any atom is -0.368 e. The Hall–Kier alpha value is -1.88. The molecule has 0 radical (unpaired) electrons. The summed E-state index contributed by atoms with van der Waals surface area (Å²) in [7, 11) is 0. The van der Waals surface area contributed by atoms with Gasteiger partial charge in [-0.15, -0.1) is 0 Å². The molecule has 1 aromatic heterocycles. The summed E-state index contributed by atoms with van der Waals surface area (Å²) >= 11 is 0. The SMILES string of the molecule is CC(C)Cc1nc2ccc(NC(=O)[C@H]3CCCO3)cc2[nH]1. The van der Waals surface area contributed by atoms with Gasteiger partial charge in [0.2, 0.25) is 0 Å². The molecule has 0 bridgehead atoms. The summed E-state index contributed by atoms with van der Waals surface area (Å²) in [5.41, 5.74) is 2.67. The van der Waals surface area contributed by atoms with Gasteiger partial charge in [-0.05, 0) is 37.0 Å². The summed E-state index contributed by atoms with van der Waals surface area (Å²) < 4.78 is 5.39. The summed E-state index contributed by atoms with van der Waals surface area (Å²) in [5, 5.41) is 2.91. The molecule has 1 saturated heterocycles. The number of imidazole rings is 1. The molecule has 0 aliphatic carbocycles. The zero-order chi connectivity index (χ0) is 14.8. The van der Waals surface area contributed by atoms with Gasteiger partial charge in [-0.2, -0.15) is 0 Å². The van der Waals surface area contributed by atoms with E-state index in [0.717, 1.165) is 41.8 Å². The van der Waals surface area contributed by atoms with E-state index in [4.69, 9.17) is 4.74 Å². The minimum absolute atomic E-state index is 0.0613. The van der Waals surface area contributed by atoms with Crippen molar-refractivity contribution in [3.05, 3.63) is 24.0 Å². The van der Waals surface area contributed by atoms with Gasteiger partial charge in [0.15, 0.2) is 0 Å². The minimum atomic E-state index is -0.307. The van der Waals surface area contributed by atoms with E-state index in [9.17, 15) is 4.79 Å². The number of ether oxygens (including phenoxy) is 1. The lowest BCUT2D eigenvalue weighted by Gasteiger charge is -2.10. The Kier molecular flexibility index (Phi) is 3.92. The zero-order valence-corrected chi connectivity index (χ0v) is 12.5. The quantitative estimate of drug-likeness (QED) is 0.908. The van der Waals surface area contributed by atoms with Crippen LogP contribution >= 0.6 is 0 Å². The Bertz CT molecular complexity index is 642. The van der Waals surface area contributed by atoms with Crippen LogP contribution in [0.15, 0.2) is 18.2 Å². The van der Waals surface area contributed by atoms with Crippen molar-refractivity contribution >= 4 is 22.6 Å². The van der Waals surface area contributed by atoms with Crippen molar-refractivity contribution in [3.63, 3.8) is 0 Å². The number of carbonyl (C=O) groups excluding carboxylic acids is 1. The second-order valence-electron chi connectivity index (χ2n) is 6.00. The zero-order valence-electron chi connectivity index (χ0n) is 12.5. The van der Waals surface area contributed by atoms with E-state index in [0.29, 0.717) is 12.5 Å². The van der Waals surface area contributed by atoms with Crippen molar-refractivity contribution in [2.45, 2.75) is 39.2 Å². The topological polar surface area (TPSA) is 67.0 Å². The lowest BCUT2D eigenvalue weighted by atomic mass is 10.1. The van der Waals surface area contributed by atoms with Crippen LogP contribution in [0.25, 0.3) is 11.0 Å². The van der Waals surface area contributed by atoms with Crippen LogP contribution in [-0.2, 0) is 16.0 Å². The van der Waals surface area contributed by atoms with Crippen LogP contribution in [0.2, 0.25) is 0 Å². The second-order valence-corrected chi connectivity index (χ2v) is 6.00. The number of aromatic nitrogens is 2. The number of carbonyl (C=O) groups is 1. The van der Waals surface area contributed by atoms with E-state index in [1.807, 2.05) is 18.2 Å². The standard InChI is InChI=1S/C16H21N3O2/c1-10(2)8-15-18-12-6-5-11(9-13(12)19-15)17-16(20)14-4-3-7-21-14/h5-6,9-10,14H,3-4,7-8H2,1-2H3,(H,17,20)(H,18,19)/t14-/m1/s1. The first-order chi connectivity index (χ1) is 10.1. The van der Waals surface area contributed by atoms with Crippen molar-refractivity contribution in [2.75, 3.05) is 11.9 Å². The molecule has 2 heterocycles. The number of H-pyrrole nitrogens is 1. The van der Waals surface area contributed by atoms with Gasteiger partial charge in [0, 0.05) is 18.7 Å². The van der Waals surface area contributed by atoms with Crippen molar-refractivity contribution < 1.29 is 9.53 Å². The van der Waals surface area contributed by atoms with E-state index in [1.165, 1.54) is 0 Å². The fourth-order valence-electron chi connectivity index (χ4n) is 2.63. The lowest BCUT2D eigenvalue weighted by molar-refractivity contribution is -0.124. The summed E-state index contributed by atoms with van der Waals surface area (Å²) in [5.74, 6) is 1.49. The first kappa shape index (κ1) is 14.1. The van der Waals surface area contributed by atoms with E-state index < -0.39 is 0 Å². The van der Waals surface area contributed by atoms with Crippen LogP contribution < -0.4 is 5.32 Å². The van der Waals surface area contributed by atoms with Crippen molar-refractivity contribution in [3.8, 4) is 0 Å². The molecule has 2 aromatic rings. The molecule has 5 heteroatoms. The fourth-order valence-corrected chi connectivity index (χ4v) is 2.63. The molecule has 2 N–H and O–H groups in total. The number of nitrogens with one attached hydrogen (secondary N) is 2. The third kappa shape index (κ3) is 3.24. The Morgan fingerprint density at radius 1 is 1.52 bits per heavy atom. The molecule has 0 saturated carbocycles. The number of amides is 1. The van der Waals surface area contributed by atoms with Crippen LogP contribution in [0, 0.1) is 5.92 Å². The number of hydrogen-bond donors (Lipinski definition) is 2. The Balaban J connectivity index is 1.75. The van der Waals surface area contributed by atoms with Gasteiger partial charge in [0.25, 0.3) is 5.91 Å². The summed E-state index contributed by atoms with van der Waals surface area (Å²) in [6.45, 7) is 5.01. The van der Waals surface area contributed by atoms with Crippen LogP contribution in [0.1, 0.15) is 32.5 Å². The number of fused-ring (bicyclic) bond motifs is 1. The Morgan fingerprint density at radius 2 is 2.38 bits per heavy atom. The second kappa shape index (κ2) is 5.85. The highest BCUT2D eigenvalue weighted by atomic mass is 16.5. The van der Waals surface area contributed by atoms with Gasteiger partial charge in [0.1, 0.15) is 11.9 Å². The maximum Gasteiger partial charge on any atom is 0.253 e. The summed E-state index contributed by atoms with van der Waals surface area (Å²) in [4.78, 5) is 19.9. The number of aromatic amines is 1. The molecular formula is C16H21N3O2. The van der Waals surface area contributed by atoms with Crippen molar-refractivity contribution in [2.24, 2.45) is 5.92 Å². The van der Waals surface area contributed by atoms with E-state index >= 15 is 0 Å². The first-order valence-corrected chi connectivity index (χ1v) is 7.53. The Morgan fingerprint density at radius 3 is 3.10 bits per heavy atom. The predicted molar refractivity (Wildman–Crippen MR) is 82.2 cm³/mol. The molecule has 3 rings (SSSR count). The number of benzene rings is 1. The molecule has 1 aromatic carbocycles. The largest absolute Gasteiger partial charge is 0.368 e. The number of rotatable bonds is 4. The number of nitrogens with zero attached hydrogens (tertiary/aromatic N) is 1. The molecular weight excluding hydrogens is 266 g/mol. The third-order valence-electron chi connectivity index (χ3n) is 3.62. The van der Waals surface area contributed by atoms with Crippen LogP contribution in [-0.4, -0.2) is 28.6 Å². The van der Waals surface area contributed by atoms with Gasteiger partial charge < -0.3 is 15.0 Å². The molecule has 0 spiro atoms. The van der Waals surface area contributed by atoms with Crippen LogP contribution in [0.3, 0.4) is 0 Å². The fraction of sp³-hybridized carbons (Fsp3) is 0.500. The highest BCUT2D eigenvalue weighted by Crippen LogP contribution is 2.20. The van der Waals surface area contributed by atoms with Crippen LogP contribution in [0.5, 0.6) is 0 Å². The molecule has 1 fully saturated rings. The van der Waals surface area contributed by atoms with Crippen molar-refractivity contribution in [1.82, 2.24) is 9.97 Å². The first-order valence-electron chi connectivity index (χ1n) is 7.53. The normalized spacial score (nSPS) is 18.5. The molecule has 5 nitrogen and oxygen atoms in total. The average Bonchev–Trinajstić information content (AvgIpc) is 3.05.